The molecular formula is C19H23NO2. The Balaban J connectivity index is 1.54. The summed E-state index contributed by atoms with van der Waals surface area (Å²) >= 11 is 0. The molecule has 0 spiro atoms. The summed E-state index contributed by atoms with van der Waals surface area (Å²) in [5, 5.41) is 0. The molecule has 2 unspecified atom stereocenters. The summed E-state index contributed by atoms with van der Waals surface area (Å²) in [6.45, 7) is 3.01. The van der Waals surface area contributed by atoms with Crippen LogP contribution in [-0.2, 0) is 4.74 Å². The fraction of sp³-hybridized carbons (Fsp3) is 0.421. The first kappa shape index (κ1) is 14.9. The second kappa shape index (κ2) is 7.30. The summed E-state index contributed by atoms with van der Waals surface area (Å²) in [7, 11) is 0. The Kier molecular flexibility index (Phi) is 4.94. The molecule has 0 N–H and O–H groups in total. The van der Waals surface area contributed by atoms with Gasteiger partial charge >= 0.3 is 0 Å². The van der Waals surface area contributed by atoms with E-state index in [2.05, 4.69) is 24.1 Å². The zero-order valence-electron chi connectivity index (χ0n) is 13.1. The predicted molar refractivity (Wildman–Crippen MR) is 89.6 cm³/mol. The van der Waals surface area contributed by atoms with Crippen molar-refractivity contribution in [2.75, 3.05) is 6.61 Å². The molecule has 2 aliphatic rings. The van der Waals surface area contributed by atoms with E-state index in [9.17, 15) is 0 Å². The molecule has 0 radical (unpaired) electrons. The molecule has 0 saturated carbocycles. The maximum absolute atomic E-state index is 5.89. The van der Waals surface area contributed by atoms with Crippen LogP contribution in [0.25, 0.3) is 0 Å². The Morgan fingerprint density at radius 3 is 2.64 bits per heavy atom. The Bertz CT molecular complexity index is 572. The van der Waals surface area contributed by atoms with Crippen LogP contribution in [0.1, 0.15) is 38.2 Å². The molecule has 0 aromatic heterocycles. The molecule has 0 saturated heterocycles. The number of fused-ring (bicyclic) bond motifs is 1. The quantitative estimate of drug-likeness (QED) is 0.703. The second-order valence-electron chi connectivity index (χ2n) is 5.71. The third kappa shape index (κ3) is 3.59. The van der Waals surface area contributed by atoms with Crippen LogP contribution >= 0.6 is 0 Å². The highest BCUT2D eigenvalue weighted by molar-refractivity contribution is 5.95. The molecule has 1 aliphatic carbocycles. The summed E-state index contributed by atoms with van der Waals surface area (Å²) in [6, 6.07) is 8.15. The van der Waals surface area contributed by atoms with Crippen LogP contribution in [0, 0.1) is 0 Å². The van der Waals surface area contributed by atoms with E-state index >= 15 is 0 Å². The van der Waals surface area contributed by atoms with Gasteiger partial charge in [-0.2, -0.15) is 0 Å². The fourth-order valence-corrected chi connectivity index (χ4v) is 2.65. The summed E-state index contributed by atoms with van der Waals surface area (Å²) in [4.78, 5) is 4.62. The van der Waals surface area contributed by atoms with E-state index < -0.39 is 0 Å². The van der Waals surface area contributed by atoms with Gasteiger partial charge in [0.2, 0.25) is 5.90 Å². The fourth-order valence-electron chi connectivity index (χ4n) is 2.65. The molecule has 1 aliphatic heterocycles. The summed E-state index contributed by atoms with van der Waals surface area (Å²) in [6.07, 6.45) is 13.1. The van der Waals surface area contributed by atoms with Crippen molar-refractivity contribution in [2.45, 2.75) is 44.8 Å². The van der Waals surface area contributed by atoms with Gasteiger partial charge in [0.25, 0.3) is 0 Å². The van der Waals surface area contributed by atoms with E-state index in [4.69, 9.17) is 9.47 Å². The Labute approximate surface area is 132 Å². The standard InChI is InChI=1S/C19H23NO2/c1-2-3-4-7-14-21-16-12-10-15(11-13-16)19-20-17-8-5-6-9-18(17)22-19/h5-6,8-13,17-18H,2-4,7,14H2,1H3. The van der Waals surface area contributed by atoms with E-state index in [-0.39, 0.29) is 12.1 Å². The van der Waals surface area contributed by atoms with E-state index in [1.54, 1.807) is 0 Å². The third-order valence-corrected chi connectivity index (χ3v) is 3.94. The zero-order valence-corrected chi connectivity index (χ0v) is 13.1. The molecule has 1 aromatic carbocycles. The Hall–Kier alpha value is -2.03. The van der Waals surface area contributed by atoms with Crippen molar-refractivity contribution in [1.82, 2.24) is 0 Å². The second-order valence-corrected chi connectivity index (χ2v) is 5.71. The van der Waals surface area contributed by atoms with Gasteiger partial charge in [-0.3, -0.25) is 0 Å². The molecule has 0 amide bonds. The van der Waals surface area contributed by atoms with Gasteiger partial charge in [-0.05, 0) is 36.8 Å². The number of rotatable bonds is 7. The first-order valence-electron chi connectivity index (χ1n) is 8.19. The summed E-state index contributed by atoms with van der Waals surface area (Å²) in [5.41, 5.74) is 1.01. The normalized spacial score (nSPS) is 22.1. The van der Waals surface area contributed by atoms with Crippen LogP contribution in [0.2, 0.25) is 0 Å². The van der Waals surface area contributed by atoms with Gasteiger partial charge in [0.1, 0.15) is 17.9 Å². The molecule has 3 nitrogen and oxygen atoms in total. The molecule has 2 atom stereocenters. The van der Waals surface area contributed by atoms with Crippen molar-refractivity contribution in [3.05, 3.63) is 54.1 Å². The van der Waals surface area contributed by atoms with Crippen molar-refractivity contribution < 1.29 is 9.47 Å². The number of hydrogen-bond donors (Lipinski definition) is 0. The van der Waals surface area contributed by atoms with Gasteiger partial charge in [-0.15, -0.1) is 0 Å². The highest BCUT2D eigenvalue weighted by atomic mass is 16.5. The van der Waals surface area contributed by atoms with Gasteiger partial charge in [-0.1, -0.05) is 44.4 Å². The Morgan fingerprint density at radius 1 is 1.05 bits per heavy atom. The molecule has 0 fully saturated rings. The number of nitrogens with zero attached hydrogens (tertiary/aromatic N) is 1. The molecular weight excluding hydrogens is 274 g/mol. The van der Waals surface area contributed by atoms with E-state index in [1.165, 1.54) is 19.3 Å². The Morgan fingerprint density at radius 2 is 1.86 bits per heavy atom. The summed E-state index contributed by atoms with van der Waals surface area (Å²) in [5.74, 6) is 1.64. The van der Waals surface area contributed by atoms with Gasteiger partial charge in [0.05, 0.1) is 6.61 Å². The van der Waals surface area contributed by atoms with Crippen LogP contribution < -0.4 is 4.74 Å². The maximum atomic E-state index is 5.89. The lowest BCUT2D eigenvalue weighted by molar-refractivity contribution is 0.255. The third-order valence-electron chi connectivity index (χ3n) is 3.94. The minimum Gasteiger partial charge on any atom is -0.494 e. The number of aliphatic imine (C=N–C) groups is 1. The lowest BCUT2D eigenvalue weighted by Gasteiger charge is -2.12. The molecule has 0 bridgehead atoms. The first-order chi connectivity index (χ1) is 10.9. The van der Waals surface area contributed by atoms with Gasteiger partial charge in [0.15, 0.2) is 0 Å². The molecule has 22 heavy (non-hydrogen) atoms. The number of allylic oxidation sites excluding steroid dienone is 2. The van der Waals surface area contributed by atoms with E-state index in [0.29, 0.717) is 0 Å². The minimum atomic E-state index is 0.0505. The van der Waals surface area contributed by atoms with Crippen LogP contribution in [-0.4, -0.2) is 24.7 Å². The molecule has 3 heteroatoms. The van der Waals surface area contributed by atoms with Crippen molar-refractivity contribution in [2.24, 2.45) is 4.99 Å². The monoisotopic (exact) mass is 297 g/mol. The lowest BCUT2D eigenvalue weighted by atomic mass is 10.1. The van der Waals surface area contributed by atoms with Crippen molar-refractivity contribution in [3.8, 4) is 5.75 Å². The maximum Gasteiger partial charge on any atom is 0.217 e. The van der Waals surface area contributed by atoms with Gasteiger partial charge < -0.3 is 9.47 Å². The van der Waals surface area contributed by atoms with Crippen LogP contribution in [0.4, 0.5) is 0 Å². The van der Waals surface area contributed by atoms with Crippen molar-refractivity contribution in [1.29, 1.82) is 0 Å². The van der Waals surface area contributed by atoms with Gasteiger partial charge in [-0.25, -0.2) is 4.99 Å². The molecule has 1 aromatic rings. The predicted octanol–water partition coefficient (Wildman–Crippen LogP) is 4.29. The highest BCUT2D eigenvalue weighted by Gasteiger charge is 2.28. The largest absolute Gasteiger partial charge is 0.494 e. The van der Waals surface area contributed by atoms with Gasteiger partial charge in [0, 0.05) is 5.56 Å². The SMILES string of the molecule is CCCCCCOc1ccc(C2=NC3C=CC=CC3O2)cc1. The number of benzene rings is 1. The average molecular weight is 297 g/mol. The molecule has 116 valence electrons. The number of hydrogen-bond acceptors (Lipinski definition) is 3. The van der Waals surface area contributed by atoms with Crippen LogP contribution in [0.5, 0.6) is 5.75 Å². The highest BCUT2D eigenvalue weighted by Crippen LogP contribution is 2.23. The molecule has 3 rings (SSSR count). The van der Waals surface area contributed by atoms with Crippen LogP contribution in [0.3, 0.4) is 0 Å². The van der Waals surface area contributed by atoms with Crippen molar-refractivity contribution >= 4 is 5.90 Å². The van der Waals surface area contributed by atoms with E-state index in [0.717, 1.165) is 30.2 Å². The topological polar surface area (TPSA) is 30.8 Å². The van der Waals surface area contributed by atoms with Crippen LogP contribution in [0.15, 0.2) is 53.6 Å². The smallest absolute Gasteiger partial charge is 0.217 e. The number of unbranched alkanes of at least 4 members (excludes halogenated alkanes) is 3. The van der Waals surface area contributed by atoms with Crippen molar-refractivity contribution in [3.63, 3.8) is 0 Å². The number of ether oxygens (including phenoxy) is 2. The minimum absolute atomic E-state index is 0.0505. The first-order valence-corrected chi connectivity index (χ1v) is 8.19. The average Bonchev–Trinajstić information content (AvgIpc) is 2.99. The van der Waals surface area contributed by atoms with E-state index in [1.807, 2.05) is 36.4 Å². The lowest BCUT2D eigenvalue weighted by Crippen LogP contribution is -2.19. The molecule has 1 heterocycles. The summed E-state index contributed by atoms with van der Waals surface area (Å²) < 4.78 is 11.6. The zero-order chi connectivity index (χ0) is 15.2.